The number of nitrogens with zero attached hydrogens (tertiary/aromatic N) is 2. The lowest BCUT2D eigenvalue weighted by atomic mass is 9.95. The summed E-state index contributed by atoms with van der Waals surface area (Å²) in [6.07, 6.45) is 3.58. The van der Waals surface area contributed by atoms with Crippen LogP contribution in [0.5, 0.6) is 0 Å². The Morgan fingerprint density at radius 2 is 1.81 bits per heavy atom. The van der Waals surface area contributed by atoms with Crippen molar-refractivity contribution in [1.29, 1.82) is 0 Å². The highest BCUT2D eigenvalue weighted by molar-refractivity contribution is 6.31. The summed E-state index contributed by atoms with van der Waals surface area (Å²) in [6.45, 7) is 1.93. The second kappa shape index (κ2) is 8.40. The number of likely N-dealkylation sites (tertiary alicyclic amines) is 1. The van der Waals surface area contributed by atoms with Crippen LogP contribution >= 0.6 is 11.6 Å². The molecule has 1 atom stereocenters. The van der Waals surface area contributed by atoms with Crippen LogP contribution in [-0.2, 0) is 9.59 Å². The zero-order chi connectivity index (χ0) is 18.7. The minimum Gasteiger partial charge on any atom is -0.354 e. The van der Waals surface area contributed by atoms with Crippen LogP contribution in [0.25, 0.3) is 0 Å². The second-order valence-electron chi connectivity index (χ2n) is 7.62. The molecule has 26 heavy (non-hydrogen) atoms. The topological polar surface area (TPSA) is 52.7 Å². The first-order valence-corrected chi connectivity index (χ1v) is 9.82. The SMILES string of the molecule is CN(C)C(CNC(=O)C1CCN(C(=O)C2CC2)CC1)c1ccccc1Cl. The Bertz CT molecular complexity index is 652. The fourth-order valence-electron chi connectivity index (χ4n) is 3.61. The summed E-state index contributed by atoms with van der Waals surface area (Å²) in [5, 5.41) is 3.81. The Morgan fingerprint density at radius 1 is 1.15 bits per heavy atom. The van der Waals surface area contributed by atoms with E-state index in [1.165, 1.54) is 0 Å². The molecule has 3 rings (SSSR count). The van der Waals surface area contributed by atoms with Crippen molar-refractivity contribution in [1.82, 2.24) is 15.1 Å². The van der Waals surface area contributed by atoms with Crippen molar-refractivity contribution in [2.24, 2.45) is 11.8 Å². The average molecular weight is 378 g/mol. The summed E-state index contributed by atoms with van der Waals surface area (Å²) in [5.74, 6) is 0.627. The summed E-state index contributed by atoms with van der Waals surface area (Å²) in [5.41, 5.74) is 1.02. The van der Waals surface area contributed by atoms with E-state index in [4.69, 9.17) is 11.6 Å². The molecule has 1 aliphatic heterocycles. The summed E-state index contributed by atoms with van der Waals surface area (Å²) in [4.78, 5) is 28.7. The molecule has 2 amide bonds. The van der Waals surface area contributed by atoms with E-state index in [-0.39, 0.29) is 29.7 Å². The van der Waals surface area contributed by atoms with Crippen LogP contribution in [0.1, 0.15) is 37.3 Å². The van der Waals surface area contributed by atoms with E-state index >= 15 is 0 Å². The van der Waals surface area contributed by atoms with Crippen LogP contribution in [0.15, 0.2) is 24.3 Å². The van der Waals surface area contributed by atoms with Gasteiger partial charge >= 0.3 is 0 Å². The molecule has 5 nitrogen and oxygen atoms in total. The van der Waals surface area contributed by atoms with Gasteiger partial charge in [0.25, 0.3) is 0 Å². The quantitative estimate of drug-likeness (QED) is 0.829. The number of likely N-dealkylation sites (N-methyl/N-ethyl adjacent to an activating group) is 1. The summed E-state index contributed by atoms with van der Waals surface area (Å²) in [6, 6.07) is 7.78. The van der Waals surface area contributed by atoms with Gasteiger partial charge < -0.3 is 15.1 Å². The maximum atomic E-state index is 12.6. The number of halogens is 1. The zero-order valence-electron chi connectivity index (χ0n) is 15.6. The number of piperidine rings is 1. The molecule has 6 heteroatoms. The van der Waals surface area contributed by atoms with Gasteiger partial charge in [-0.2, -0.15) is 0 Å². The van der Waals surface area contributed by atoms with E-state index in [0.29, 0.717) is 24.7 Å². The monoisotopic (exact) mass is 377 g/mol. The molecule has 0 spiro atoms. The molecule has 1 aromatic rings. The van der Waals surface area contributed by atoms with Gasteiger partial charge in [0.2, 0.25) is 11.8 Å². The van der Waals surface area contributed by atoms with E-state index in [2.05, 4.69) is 10.2 Å². The molecule has 0 bridgehead atoms. The van der Waals surface area contributed by atoms with Crippen molar-refractivity contribution in [2.45, 2.75) is 31.7 Å². The molecule has 1 aromatic carbocycles. The molecular formula is C20H28ClN3O2. The first-order chi connectivity index (χ1) is 12.5. The molecule has 2 fully saturated rings. The minimum atomic E-state index is -0.00712. The van der Waals surface area contributed by atoms with Gasteiger partial charge in [-0.25, -0.2) is 0 Å². The predicted molar refractivity (Wildman–Crippen MR) is 103 cm³/mol. The lowest BCUT2D eigenvalue weighted by molar-refractivity contribution is -0.136. The molecule has 1 N–H and O–H groups in total. The van der Waals surface area contributed by atoms with Crippen LogP contribution < -0.4 is 5.32 Å². The Balaban J connectivity index is 1.51. The molecule has 2 aliphatic rings. The van der Waals surface area contributed by atoms with Crippen LogP contribution in [0.3, 0.4) is 0 Å². The van der Waals surface area contributed by atoms with Gasteiger partial charge in [-0.05, 0) is 51.4 Å². The number of rotatable bonds is 6. The van der Waals surface area contributed by atoms with Gasteiger partial charge in [0.1, 0.15) is 0 Å². The Morgan fingerprint density at radius 3 is 2.38 bits per heavy atom. The smallest absolute Gasteiger partial charge is 0.225 e. The molecule has 1 heterocycles. The van der Waals surface area contributed by atoms with E-state index in [0.717, 1.165) is 31.2 Å². The molecule has 1 aliphatic carbocycles. The second-order valence-corrected chi connectivity index (χ2v) is 8.03. The third-order valence-electron chi connectivity index (χ3n) is 5.46. The maximum absolute atomic E-state index is 12.6. The Kier molecular flexibility index (Phi) is 6.20. The van der Waals surface area contributed by atoms with E-state index in [9.17, 15) is 9.59 Å². The molecule has 0 aromatic heterocycles. The maximum Gasteiger partial charge on any atom is 0.225 e. The van der Waals surface area contributed by atoms with Crippen molar-refractivity contribution < 1.29 is 9.59 Å². The highest BCUT2D eigenvalue weighted by Gasteiger charge is 2.36. The van der Waals surface area contributed by atoms with Gasteiger partial charge in [-0.15, -0.1) is 0 Å². The van der Waals surface area contributed by atoms with Crippen LogP contribution in [-0.4, -0.2) is 55.3 Å². The highest BCUT2D eigenvalue weighted by Crippen LogP contribution is 2.32. The molecule has 1 unspecified atom stereocenters. The molecule has 1 saturated carbocycles. The number of benzene rings is 1. The fraction of sp³-hybridized carbons (Fsp3) is 0.600. The lowest BCUT2D eigenvalue weighted by Gasteiger charge is -2.32. The largest absolute Gasteiger partial charge is 0.354 e. The number of carbonyl (C=O) groups is 2. The van der Waals surface area contributed by atoms with E-state index < -0.39 is 0 Å². The van der Waals surface area contributed by atoms with Crippen LogP contribution in [0, 0.1) is 11.8 Å². The molecule has 0 radical (unpaired) electrons. The average Bonchev–Trinajstić information content (AvgIpc) is 3.47. The van der Waals surface area contributed by atoms with E-state index in [1.807, 2.05) is 43.3 Å². The van der Waals surface area contributed by atoms with Gasteiger partial charge in [-0.3, -0.25) is 9.59 Å². The number of nitrogens with one attached hydrogen (secondary N) is 1. The minimum absolute atomic E-state index is 0.00712. The normalized spacial score (nSPS) is 19.5. The van der Waals surface area contributed by atoms with Crippen molar-refractivity contribution in [2.75, 3.05) is 33.7 Å². The van der Waals surface area contributed by atoms with Crippen molar-refractivity contribution in [3.63, 3.8) is 0 Å². The van der Waals surface area contributed by atoms with Gasteiger partial charge in [-0.1, -0.05) is 29.8 Å². The number of hydrogen-bond donors (Lipinski definition) is 1. The fourth-order valence-corrected chi connectivity index (χ4v) is 3.87. The van der Waals surface area contributed by atoms with Crippen molar-refractivity contribution in [3.05, 3.63) is 34.9 Å². The number of carbonyl (C=O) groups excluding carboxylic acids is 2. The first-order valence-electron chi connectivity index (χ1n) is 9.44. The molecular weight excluding hydrogens is 350 g/mol. The first kappa shape index (κ1) is 19.2. The van der Waals surface area contributed by atoms with Crippen LogP contribution in [0.2, 0.25) is 5.02 Å². The lowest BCUT2D eigenvalue weighted by Crippen LogP contribution is -2.44. The highest BCUT2D eigenvalue weighted by atomic mass is 35.5. The van der Waals surface area contributed by atoms with Gasteiger partial charge in [0, 0.05) is 36.5 Å². The Labute approximate surface area is 160 Å². The standard InChI is InChI=1S/C20H28ClN3O2/c1-23(2)18(16-5-3-4-6-17(16)21)13-22-19(25)14-9-11-24(12-10-14)20(26)15-7-8-15/h3-6,14-15,18H,7-13H2,1-2H3,(H,22,25). The molecule has 142 valence electrons. The predicted octanol–water partition coefficient (Wildman–Crippen LogP) is 2.71. The number of amides is 2. The van der Waals surface area contributed by atoms with Crippen molar-refractivity contribution >= 4 is 23.4 Å². The van der Waals surface area contributed by atoms with Gasteiger partial charge in [0.15, 0.2) is 0 Å². The van der Waals surface area contributed by atoms with Crippen LogP contribution in [0.4, 0.5) is 0 Å². The Hall–Kier alpha value is -1.59. The third-order valence-corrected chi connectivity index (χ3v) is 5.81. The number of hydrogen-bond acceptors (Lipinski definition) is 3. The zero-order valence-corrected chi connectivity index (χ0v) is 16.3. The van der Waals surface area contributed by atoms with Gasteiger partial charge in [0.05, 0.1) is 6.04 Å². The third kappa shape index (κ3) is 4.57. The summed E-state index contributed by atoms with van der Waals surface area (Å²) >= 11 is 6.33. The molecule has 1 saturated heterocycles. The summed E-state index contributed by atoms with van der Waals surface area (Å²) < 4.78 is 0. The van der Waals surface area contributed by atoms with E-state index in [1.54, 1.807) is 0 Å². The summed E-state index contributed by atoms with van der Waals surface area (Å²) in [7, 11) is 3.98. The van der Waals surface area contributed by atoms with Crippen molar-refractivity contribution in [3.8, 4) is 0 Å².